The number of nitrogens with zero attached hydrogens (tertiary/aromatic N) is 3. The van der Waals surface area contributed by atoms with Crippen molar-refractivity contribution < 1.29 is 26.7 Å². The molecule has 3 heterocycles. The van der Waals surface area contributed by atoms with Crippen molar-refractivity contribution in [2.45, 2.75) is 43.8 Å². The molecule has 4 nitrogen and oxygen atoms in total. The van der Waals surface area contributed by atoms with Crippen LogP contribution in [0.25, 0.3) is 0 Å². The van der Waals surface area contributed by atoms with E-state index in [1.165, 1.54) is 17.2 Å². The normalized spacial score (nSPS) is 19.2. The lowest BCUT2D eigenvalue weighted by molar-refractivity contribution is -0.137. The Morgan fingerprint density at radius 3 is 2.62 bits per heavy atom. The third-order valence-electron chi connectivity index (χ3n) is 4.80. The number of likely N-dealkylation sites (tertiary alicyclic amines) is 1. The molecule has 2 aromatic heterocycles. The van der Waals surface area contributed by atoms with Crippen molar-refractivity contribution in [2.75, 3.05) is 6.54 Å². The number of hydrogen-bond acceptors (Lipinski definition) is 3. The number of carbonyl (C=O) groups excluding carboxylic acids is 1. The molecule has 0 spiro atoms. The maximum atomic E-state index is 14.0. The first-order valence-electron chi connectivity index (χ1n) is 8.88. The van der Waals surface area contributed by atoms with Gasteiger partial charge in [0.2, 0.25) is 0 Å². The summed E-state index contributed by atoms with van der Waals surface area (Å²) in [6, 6.07) is 4.64. The highest BCUT2D eigenvalue weighted by molar-refractivity contribution is 9.10. The Hall–Kier alpha value is -2.10. The standard InChI is InChI=1S/C19H17BrF5N3O/c20-15-2-1-8-26-16(15)17(29)28-9-7-18(21,22)10-14(28)6-5-13-4-3-12(11-27-13)19(23,24)25/h1-4,8,11,14H,5-7,9-10H2. The maximum absolute atomic E-state index is 14.0. The van der Waals surface area contributed by atoms with Gasteiger partial charge in [-0.15, -0.1) is 0 Å². The van der Waals surface area contributed by atoms with Gasteiger partial charge in [-0.25, -0.2) is 13.8 Å². The number of aromatic nitrogens is 2. The van der Waals surface area contributed by atoms with Gasteiger partial charge in [-0.05, 0) is 53.0 Å². The molecule has 10 heteroatoms. The second-order valence-corrected chi connectivity index (χ2v) is 7.73. The number of alkyl halides is 5. The molecule has 0 radical (unpaired) electrons. The van der Waals surface area contributed by atoms with Crippen LogP contribution in [0.15, 0.2) is 41.1 Å². The lowest BCUT2D eigenvalue weighted by atomic mass is 9.93. The van der Waals surface area contributed by atoms with Gasteiger partial charge >= 0.3 is 6.18 Å². The topological polar surface area (TPSA) is 46.1 Å². The van der Waals surface area contributed by atoms with Gasteiger partial charge in [0, 0.05) is 48.0 Å². The van der Waals surface area contributed by atoms with E-state index in [2.05, 4.69) is 25.9 Å². The predicted octanol–water partition coefficient (Wildman–Crippen LogP) is 5.13. The molecule has 1 fully saturated rings. The Bertz CT molecular complexity index is 873. The third kappa shape index (κ3) is 5.29. The van der Waals surface area contributed by atoms with Crippen molar-refractivity contribution in [1.29, 1.82) is 0 Å². The van der Waals surface area contributed by atoms with E-state index in [1.54, 1.807) is 12.1 Å². The van der Waals surface area contributed by atoms with E-state index in [4.69, 9.17) is 0 Å². The molecule has 0 bridgehead atoms. The summed E-state index contributed by atoms with van der Waals surface area (Å²) in [5.41, 5.74) is -0.393. The minimum Gasteiger partial charge on any atom is -0.334 e. The zero-order valence-corrected chi connectivity index (χ0v) is 16.7. The molecule has 0 aliphatic carbocycles. The number of piperidine rings is 1. The monoisotopic (exact) mass is 477 g/mol. The van der Waals surface area contributed by atoms with E-state index in [0.29, 0.717) is 10.2 Å². The van der Waals surface area contributed by atoms with Crippen LogP contribution in [0.4, 0.5) is 22.0 Å². The Morgan fingerprint density at radius 1 is 1.24 bits per heavy atom. The van der Waals surface area contributed by atoms with Crippen LogP contribution in [0.1, 0.15) is 41.0 Å². The fourth-order valence-corrected chi connectivity index (χ4v) is 3.71. The summed E-state index contributed by atoms with van der Waals surface area (Å²) >= 11 is 3.24. The van der Waals surface area contributed by atoms with E-state index in [-0.39, 0.29) is 25.1 Å². The zero-order valence-electron chi connectivity index (χ0n) is 15.1. The van der Waals surface area contributed by atoms with E-state index >= 15 is 0 Å². The summed E-state index contributed by atoms with van der Waals surface area (Å²) in [6.45, 7) is -0.125. The molecule has 0 N–H and O–H groups in total. The summed E-state index contributed by atoms with van der Waals surface area (Å²) in [7, 11) is 0. The second kappa shape index (κ2) is 8.33. The number of pyridine rings is 2. The molecule has 29 heavy (non-hydrogen) atoms. The van der Waals surface area contributed by atoms with Gasteiger partial charge in [-0.3, -0.25) is 9.78 Å². The minimum absolute atomic E-state index is 0.125. The van der Waals surface area contributed by atoms with Crippen molar-refractivity contribution in [3.05, 3.63) is 58.1 Å². The largest absolute Gasteiger partial charge is 0.417 e. The van der Waals surface area contributed by atoms with Gasteiger partial charge < -0.3 is 4.90 Å². The molecular formula is C19H17BrF5N3O. The van der Waals surface area contributed by atoms with Crippen molar-refractivity contribution in [1.82, 2.24) is 14.9 Å². The zero-order chi connectivity index (χ0) is 21.2. The molecule has 1 unspecified atom stereocenters. The fourth-order valence-electron chi connectivity index (χ4n) is 3.28. The van der Waals surface area contributed by atoms with E-state index in [1.807, 2.05) is 0 Å². The van der Waals surface area contributed by atoms with Crippen LogP contribution in [0.2, 0.25) is 0 Å². The predicted molar refractivity (Wildman–Crippen MR) is 98.5 cm³/mol. The van der Waals surface area contributed by atoms with Gasteiger partial charge in [0.25, 0.3) is 11.8 Å². The number of halogens is 6. The van der Waals surface area contributed by atoms with Crippen molar-refractivity contribution in [2.24, 2.45) is 0 Å². The molecular weight excluding hydrogens is 461 g/mol. The van der Waals surface area contributed by atoms with E-state index in [9.17, 15) is 26.7 Å². The summed E-state index contributed by atoms with van der Waals surface area (Å²) < 4.78 is 66.3. The summed E-state index contributed by atoms with van der Waals surface area (Å²) in [6.07, 6.45) is -2.95. The number of amides is 1. The molecule has 0 saturated carbocycles. The molecule has 2 aromatic rings. The lowest BCUT2D eigenvalue weighted by Gasteiger charge is -2.39. The number of hydrogen-bond donors (Lipinski definition) is 0. The van der Waals surface area contributed by atoms with Gasteiger partial charge in [-0.1, -0.05) is 0 Å². The quantitative estimate of drug-likeness (QED) is 0.573. The second-order valence-electron chi connectivity index (χ2n) is 6.87. The highest BCUT2D eigenvalue weighted by atomic mass is 79.9. The smallest absolute Gasteiger partial charge is 0.334 e. The van der Waals surface area contributed by atoms with Crippen LogP contribution < -0.4 is 0 Å². The van der Waals surface area contributed by atoms with Crippen molar-refractivity contribution >= 4 is 21.8 Å². The fraction of sp³-hybridized carbons (Fsp3) is 0.421. The molecule has 1 amide bonds. The Morgan fingerprint density at radius 2 is 2.00 bits per heavy atom. The first-order valence-corrected chi connectivity index (χ1v) is 9.67. The van der Waals surface area contributed by atoms with Crippen LogP contribution in [-0.4, -0.2) is 39.3 Å². The van der Waals surface area contributed by atoms with Gasteiger partial charge in [0.15, 0.2) is 0 Å². The number of aryl methyl sites for hydroxylation is 1. The van der Waals surface area contributed by atoms with Crippen molar-refractivity contribution in [3.8, 4) is 0 Å². The third-order valence-corrected chi connectivity index (χ3v) is 5.44. The van der Waals surface area contributed by atoms with Gasteiger partial charge in [0.1, 0.15) is 5.69 Å². The molecule has 1 aliphatic heterocycles. The van der Waals surface area contributed by atoms with Crippen LogP contribution in [-0.2, 0) is 12.6 Å². The highest BCUT2D eigenvalue weighted by Gasteiger charge is 2.42. The van der Waals surface area contributed by atoms with E-state index in [0.717, 1.165) is 12.3 Å². The molecule has 1 saturated heterocycles. The minimum atomic E-state index is -4.49. The van der Waals surface area contributed by atoms with Crippen LogP contribution >= 0.6 is 15.9 Å². The molecule has 0 aromatic carbocycles. The Balaban J connectivity index is 1.74. The SMILES string of the molecule is O=C(c1ncccc1Br)N1CCC(F)(F)CC1CCc1ccc(C(F)(F)F)cn1. The molecule has 3 rings (SSSR count). The average molecular weight is 478 g/mol. The molecule has 1 aliphatic rings. The number of carbonyl (C=O) groups is 1. The molecule has 1 atom stereocenters. The maximum Gasteiger partial charge on any atom is 0.417 e. The van der Waals surface area contributed by atoms with Crippen LogP contribution in [0, 0.1) is 0 Å². The number of rotatable bonds is 4. The van der Waals surface area contributed by atoms with Crippen LogP contribution in [0.3, 0.4) is 0 Å². The first kappa shape index (κ1) is 21.6. The summed E-state index contributed by atoms with van der Waals surface area (Å²) in [5, 5.41) is 0. The Kier molecular flexibility index (Phi) is 6.21. The van der Waals surface area contributed by atoms with E-state index < -0.39 is 42.5 Å². The summed E-state index contributed by atoms with van der Waals surface area (Å²) in [4.78, 5) is 22.0. The lowest BCUT2D eigenvalue weighted by Crippen LogP contribution is -2.50. The average Bonchev–Trinajstić information content (AvgIpc) is 2.65. The summed E-state index contributed by atoms with van der Waals surface area (Å²) in [5.74, 6) is -3.37. The molecule has 156 valence electrons. The van der Waals surface area contributed by atoms with Gasteiger partial charge in [-0.2, -0.15) is 13.2 Å². The van der Waals surface area contributed by atoms with Gasteiger partial charge in [0.05, 0.1) is 5.56 Å². The van der Waals surface area contributed by atoms with Crippen molar-refractivity contribution in [3.63, 3.8) is 0 Å². The van der Waals surface area contributed by atoms with Crippen LogP contribution in [0.5, 0.6) is 0 Å². The Labute approximate surface area is 172 Å². The highest BCUT2D eigenvalue weighted by Crippen LogP contribution is 2.35. The first-order chi connectivity index (χ1) is 13.6.